The Morgan fingerprint density at radius 2 is 2.00 bits per heavy atom. The Labute approximate surface area is 120 Å². The molecule has 0 saturated carbocycles. The van der Waals surface area contributed by atoms with Crippen molar-refractivity contribution < 1.29 is 4.74 Å². The van der Waals surface area contributed by atoms with Crippen LogP contribution in [0.1, 0.15) is 32.2 Å². The van der Waals surface area contributed by atoms with E-state index in [1.807, 2.05) is 36.0 Å². The first-order chi connectivity index (χ1) is 9.46. The molecular formula is C16H23N3O. The lowest BCUT2D eigenvalue weighted by Gasteiger charge is -2.21. The number of aryl methyl sites for hydroxylation is 1. The van der Waals surface area contributed by atoms with E-state index in [0.29, 0.717) is 6.61 Å². The number of nitrogens with zero attached hydrogens (tertiary/aromatic N) is 2. The van der Waals surface area contributed by atoms with Crippen LogP contribution in [-0.2, 0) is 20.2 Å². The van der Waals surface area contributed by atoms with Crippen molar-refractivity contribution in [2.45, 2.75) is 39.5 Å². The molecule has 0 saturated heterocycles. The maximum Gasteiger partial charge on any atom is 0.146 e. The Morgan fingerprint density at radius 1 is 1.25 bits per heavy atom. The third kappa shape index (κ3) is 4.10. The summed E-state index contributed by atoms with van der Waals surface area (Å²) in [6, 6.07) is 8.12. The highest BCUT2D eigenvalue weighted by Gasteiger charge is 2.11. The summed E-state index contributed by atoms with van der Waals surface area (Å²) in [4.78, 5) is 4.27. The molecule has 2 rings (SSSR count). The Balaban J connectivity index is 2.02. The third-order valence-electron chi connectivity index (χ3n) is 3.06. The molecule has 1 N–H and O–H groups in total. The van der Waals surface area contributed by atoms with Crippen molar-refractivity contribution in [2.75, 3.05) is 0 Å². The molecular weight excluding hydrogens is 250 g/mol. The highest BCUT2D eigenvalue weighted by molar-refractivity contribution is 5.33. The first-order valence-corrected chi connectivity index (χ1v) is 6.87. The normalized spacial score (nSPS) is 11.6. The number of para-hydroxylation sites is 1. The lowest BCUT2D eigenvalue weighted by atomic mass is 10.1. The molecule has 0 unspecified atom stereocenters. The Hall–Kier alpha value is -1.81. The van der Waals surface area contributed by atoms with E-state index in [1.165, 1.54) is 0 Å². The molecule has 0 amide bonds. The van der Waals surface area contributed by atoms with E-state index in [2.05, 4.69) is 37.1 Å². The molecule has 0 atom stereocenters. The van der Waals surface area contributed by atoms with Gasteiger partial charge in [-0.2, -0.15) is 0 Å². The minimum atomic E-state index is 0.0901. The predicted octanol–water partition coefficient (Wildman–Crippen LogP) is 2.89. The van der Waals surface area contributed by atoms with Crippen LogP contribution in [0.4, 0.5) is 0 Å². The minimum Gasteiger partial charge on any atom is -0.485 e. The van der Waals surface area contributed by atoms with E-state index >= 15 is 0 Å². The van der Waals surface area contributed by atoms with Crippen molar-refractivity contribution in [1.82, 2.24) is 14.9 Å². The second-order valence-electron chi connectivity index (χ2n) is 5.95. The maximum absolute atomic E-state index is 5.90. The van der Waals surface area contributed by atoms with E-state index in [1.54, 1.807) is 6.20 Å². The lowest BCUT2D eigenvalue weighted by Crippen LogP contribution is -2.35. The van der Waals surface area contributed by atoms with Crippen molar-refractivity contribution >= 4 is 0 Å². The van der Waals surface area contributed by atoms with Crippen LogP contribution in [0.2, 0.25) is 0 Å². The van der Waals surface area contributed by atoms with E-state index in [9.17, 15) is 0 Å². The van der Waals surface area contributed by atoms with E-state index in [-0.39, 0.29) is 5.54 Å². The van der Waals surface area contributed by atoms with Crippen molar-refractivity contribution in [3.63, 3.8) is 0 Å². The number of aromatic nitrogens is 2. The molecule has 0 aliphatic rings. The van der Waals surface area contributed by atoms with Gasteiger partial charge in [-0.15, -0.1) is 0 Å². The zero-order valence-electron chi connectivity index (χ0n) is 12.7. The van der Waals surface area contributed by atoms with Crippen LogP contribution in [0.5, 0.6) is 5.75 Å². The number of ether oxygens (including phenoxy) is 1. The summed E-state index contributed by atoms with van der Waals surface area (Å²) < 4.78 is 7.87. The topological polar surface area (TPSA) is 39.1 Å². The van der Waals surface area contributed by atoms with Gasteiger partial charge in [0, 0.05) is 37.1 Å². The molecule has 1 heterocycles. The molecule has 4 nitrogen and oxygen atoms in total. The average molecular weight is 273 g/mol. The summed E-state index contributed by atoms with van der Waals surface area (Å²) in [5.74, 6) is 1.83. The van der Waals surface area contributed by atoms with Crippen molar-refractivity contribution in [1.29, 1.82) is 0 Å². The van der Waals surface area contributed by atoms with Crippen LogP contribution in [0.25, 0.3) is 0 Å². The molecule has 0 radical (unpaired) electrons. The standard InChI is InChI=1S/C16H23N3O/c1-16(2,3)18-11-13-7-5-6-8-14(13)20-12-15-17-9-10-19(15)4/h5-10,18H,11-12H2,1-4H3. The molecule has 0 fully saturated rings. The zero-order chi connectivity index (χ0) is 14.6. The van der Waals surface area contributed by atoms with Crippen LogP contribution in [-0.4, -0.2) is 15.1 Å². The number of hydrogen-bond acceptors (Lipinski definition) is 3. The molecule has 0 aliphatic heterocycles. The second-order valence-corrected chi connectivity index (χ2v) is 5.95. The quantitative estimate of drug-likeness (QED) is 0.910. The molecule has 0 spiro atoms. The zero-order valence-corrected chi connectivity index (χ0v) is 12.7. The van der Waals surface area contributed by atoms with Crippen LogP contribution >= 0.6 is 0 Å². The Bertz CT molecular complexity index is 555. The van der Waals surface area contributed by atoms with E-state index in [0.717, 1.165) is 23.7 Å². The van der Waals surface area contributed by atoms with Crippen molar-refractivity contribution in [3.05, 3.63) is 48.0 Å². The fourth-order valence-corrected chi connectivity index (χ4v) is 1.83. The summed E-state index contributed by atoms with van der Waals surface area (Å²) in [6.07, 6.45) is 3.71. The molecule has 1 aromatic heterocycles. The van der Waals surface area contributed by atoms with Crippen molar-refractivity contribution in [3.8, 4) is 5.75 Å². The Morgan fingerprint density at radius 3 is 2.65 bits per heavy atom. The number of hydrogen-bond donors (Lipinski definition) is 1. The van der Waals surface area contributed by atoms with Gasteiger partial charge in [-0.1, -0.05) is 18.2 Å². The smallest absolute Gasteiger partial charge is 0.146 e. The van der Waals surface area contributed by atoms with Gasteiger partial charge in [-0.3, -0.25) is 0 Å². The van der Waals surface area contributed by atoms with Gasteiger partial charge in [0.05, 0.1) is 0 Å². The highest BCUT2D eigenvalue weighted by atomic mass is 16.5. The lowest BCUT2D eigenvalue weighted by molar-refractivity contribution is 0.286. The van der Waals surface area contributed by atoms with Gasteiger partial charge in [-0.05, 0) is 26.8 Å². The molecule has 2 aromatic rings. The molecule has 1 aromatic carbocycles. The van der Waals surface area contributed by atoms with Gasteiger partial charge >= 0.3 is 0 Å². The predicted molar refractivity (Wildman–Crippen MR) is 80.6 cm³/mol. The van der Waals surface area contributed by atoms with Gasteiger partial charge in [-0.25, -0.2) is 4.98 Å². The second kappa shape index (κ2) is 6.09. The van der Waals surface area contributed by atoms with Crippen LogP contribution in [0, 0.1) is 0 Å². The van der Waals surface area contributed by atoms with Gasteiger partial charge in [0.15, 0.2) is 0 Å². The molecule has 4 heteroatoms. The number of nitrogens with one attached hydrogen (secondary N) is 1. The van der Waals surface area contributed by atoms with Crippen molar-refractivity contribution in [2.24, 2.45) is 7.05 Å². The first kappa shape index (κ1) is 14.6. The summed E-state index contributed by atoms with van der Waals surface area (Å²) in [5.41, 5.74) is 1.25. The highest BCUT2D eigenvalue weighted by Crippen LogP contribution is 2.19. The van der Waals surface area contributed by atoms with Crippen LogP contribution < -0.4 is 10.1 Å². The minimum absolute atomic E-state index is 0.0901. The largest absolute Gasteiger partial charge is 0.485 e. The Kier molecular flexibility index (Phi) is 4.45. The molecule has 20 heavy (non-hydrogen) atoms. The molecule has 108 valence electrons. The van der Waals surface area contributed by atoms with Gasteiger partial charge in [0.1, 0.15) is 18.2 Å². The monoisotopic (exact) mass is 273 g/mol. The molecule has 0 bridgehead atoms. The number of imidazole rings is 1. The molecule has 0 aliphatic carbocycles. The maximum atomic E-state index is 5.90. The third-order valence-corrected chi connectivity index (χ3v) is 3.06. The fourth-order valence-electron chi connectivity index (χ4n) is 1.83. The summed E-state index contributed by atoms with van der Waals surface area (Å²) in [7, 11) is 1.97. The number of rotatable bonds is 5. The van der Waals surface area contributed by atoms with Gasteiger partial charge in [0.2, 0.25) is 0 Å². The fraction of sp³-hybridized carbons (Fsp3) is 0.438. The number of benzene rings is 1. The average Bonchev–Trinajstić information content (AvgIpc) is 2.79. The van der Waals surface area contributed by atoms with Gasteiger partial charge in [0.25, 0.3) is 0 Å². The van der Waals surface area contributed by atoms with Crippen LogP contribution in [0.3, 0.4) is 0 Å². The SMILES string of the molecule is Cn1ccnc1COc1ccccc1CNC(C)(C)C. The van der Waals surface area contributed by atoms with E-state index in [4.69, 9.17) is 4.74 Å². The van der Waals surface area contributed by atoms with E-state index < -0.39 is 0 Å². The first-order valence-electron chi connectivity index (χ1n) is 6.87. The summed E-state index contributed by atoms with van der Waals surface area (Å²) >= 11 is 0. The van der Waals surface area contributed by atoms with Crippen LogP contribution in [0.15, 0.2) is 36.7 Å². The van der Waals surface area contributed by atoms with Gasteiger partial charge < -0.3 is 14.6 Å². The summed E-state index contributed by atoms with van der Waals surface area (Å²) in [6.45, 7) is 7.75. The summed E-state index contributed by atoms with van der Waals surface area (Å²) in [5, 5.41) is 3.48.